The summed E-state index contributed by atoms with van der Waals surface area (Å²) in [7, 11) is 0. The van der Waals surface area contributed by atoms with E-state index in [1.165, 1.54) is 130 Å². The molecule has 0 bridgehead atoms. The van der Waals surface area contributed by atoms with Gasteiger partial charge in [-0.05, 0) is 209 Å². The molecule has 9 aliphatic rings. The van der Waals surface area contributed by atoms with Crippen molar-refractivity contribution >= 4 is 45.9 Å². The van der Waals surface area contributed by atoms with Crippen molar-refractivity contribution in [2.24, 2.45) is 50.2 Å². The number of rotatable bonds is 2. The SMILES string of the molecule is CC1=CC2C(C=C1N1C3=C(C=C4C(C3)C(C)(C)CCC4(C)C)B3c4oc5cc6c(cc5c4N(C4CC5=C(C=C4C)C(C)(C)CCC5(C)C)c4cc(C)cc1c43)C(C)(C)CCC6(C)C)C(C)(C)CCC2(C)C. The zero-order valence-corrected chi connectivity index (χ0v) is 47.9. The highest BCUT2D eigenvalue weighted by atomic mass is 16.3. The zero-order valence-electron chi connectivity index (χ0n) is 47.9. The highest BCUT2D eigenvalue weighted by Crippen LogP contribution is 2.62. The lowest BCUT2D eigenvalue weighted by Crippen LogP contribution is -2.59. The van der Waals surface area contributed by atoms with Crippen LogP contribution in [0.2, 0.25) is 0 Å². The number of hydrogen-bond acceptors (Lipinski definition) is 3. The molecular weight excluding hydrogens is 860 g/mol. The summed E-state index contributed by atoms with van der Waals surface area (Å²) in [5.74, 6) is 1.45. The van der Waals surface area contributed by atoms with E-state index in [1.54, 1.807) is 16.7 Å². The molecule has 71 heavy (non-hydrogen) atoms. The van der Waals surface area contributed by atoms with Crippen LogP contribution in [0.25, 0.3) is 11.0 Å². The lowest BCUT2D eigenvalue weighted by atomic mass is 9.33. The van der Waals surface area contributed by atoms with E-state index in [9.17, 15) is 0 Å². The summed E-state index contributed by atoms with van der Waals surface area (Å²) < 4.78 is 7.85. The molecule has 0 saturated heterocycles. The Morgan fingerprint density at radius 2 is 1.15 bits per heavy atom. The third-order valence-corrected chi connectivity index (χ3v) is 22.2. The second-order valence-corrected chi connectivity index (χ2v) is 30.7. The van der Waals surface area contributed by atoms with Gasteiger partial charge >= 0.3 is 0 Å². The van der Waals surface area contributed by atoms with Gasteiger partial charge in [0, 0.05) is 28.2 Å². The average Bonchev–Trinajstić information content (AvgIpc) is 3.65. The maximum atomic E-state index is 7.85. The Morgan fingerprint density at radius 1 is 0.577 bits per heavy atom. The Morgan fingerprint density at radius 3 is 1.83 bits per heavy atom. The van der Waals surface area contributed by atoms with Crippen molar-refractivity contribution in [3.8, 4) is 0 Å². The molecule has 2 aromatic carbocycles. The fourth-order valence-electron chi connectivity index (χ4n) is 16.7. The van der Waals surface area contributed by atoms with E-state index in [1.807, 2.05) is 0 Å². The Labute approximate surface area is 430 Å². The summed E-state index contributed by atoms with van der Waals surface area (Å²) in [4.78, 5) is 5.75. The van der Waals surface area contributed by atoms with Crippen LogP contribution >= 0.6 is 0 Å². The van der Waals surface area contributed by atoms with Crippen molar-refractivity contribution in [3.63, 3.8) is 0 Å². The van der Waals surface area contributed by atoms with Crippen LogP contribution in [-0.2, 0) is 10.8 Å². The first-order valence-electron chi connectivity index (χ1n) is 28.5. The number of benzene rings is 2. The Balaban J connectivity index is 1.18. The van der Waals surface area contributed by atoms with E-state index >= 15 is 0 Å². The van der Waals surface area contributed by atoms with Crippen LogP contribution in [0, 0.1) is 57.2 Å². The minimum Gasteiger partial charge on any atom is -0.468 e. The van der Waals surface area contributed by atoms with Gasteiger partial charge in [0.05, 0.1) is 17.4 Å². The fourth-order valence-corrected chi connectivity index (χ4v) is 16.7. The lowest BCUT2D eigenvalue weighted by Gasteiger charge is -2.55. The molecule has 2 fully saturated rings. The molecule has 2 saturated carbocycles. The molecule has 0 radical (unpaired) electrons. The fraction of sp³-hybridized carbons (Fsp3) is 0.612. The first kappa shape index (κ1) is 48.1. The summed E-state index contributed by atoms with van der Waals surface area (Å²) >= 11 is 0. The van der Waals surface area contributed by atoms with Gasteiger partial charge in [0.15, 0.2) is 0 Å². The standard InChI is InChI=1S/C67H89BN2O/c1-38-28-54-57-55(29-38)70(52-35-47-43(31-40(52)3)61(6,7)21-25-65(47,14)15)58-41-32-44-49(67(18,19)27-22-62(44,8)9)37-56(41)71-59(58)68(57)50-33-45-48(66(16,17)26-23-63(45,10)11)36-53(50)69(54)51-34-46-42(30-39(51)2)60(4,5)20-24-64(46,12)13/h28-34,37,42,46,48,52H,20-27,35-36H2,1-19H3. The van der Waals surface area contributed by atoms with Gasteiger partial charge in [-0.1, -0.05) is 152 Å². The number of aryl methyl sites for hydroxylation is 1. The molecule has 4 heteroatoms. The van der Waals surface area contributed by atoms with Crippen LogP contribution in [0.1, 0.15) is 206 Å². The number of nitrogens with zero attached hydrogens (tertiary/aromatic N) is 2. The van der Waals surface area contributed by atoms with Gasteiger partial charge in [-0.2, -0.15) is 0 Å². The minimum absolute atomic E-state index is 0.0168. The van der Waals surface area contributed by atoms with Gasteiger partial charge < -0.3 is 14.2 Å². The lowest BCUT2D eigenvalue weighted by molar-refractivity contribution is 0.0320. The number of anilines is 3. The number of hydrogen-bond donors (Lipinski definition) is 0. The minimum atomic E-state index is -0.0168. The summed E-state index contributed by atoms with van der Waals surface area (Å²) in [6.07, 6.45) is 22.9. The summed E-state index contributed by atoms with van der Waals surface area (Å²) in [6.45, 7) is 47.8. The van der Waals surface area contributed by atoms with E-state index in [4.69, 9.17) is 4.42 Å². The van der Waals surface area contributed by atoms with E-state index in [-0.39, 0.29) is 56.1 Å². The Kier molecular flexibility index (Phi) is 9.94. The van der Waals surface area contributed by atoms with Gasteiger partial charge in [-0.15, -0.1) is 0 Å². The highest BCUT2D eigenvalue weighted by Gasteiger charge is 2.56. The number of furan rings is 1. The average molecular weight is 949 g/mol. The van der Waals surface area contributed by atoms with Crippen LogP contribution < -0.4 is 20.9 Å². The van der Waals surface area contributed by atoms with Crippen molar-refractivity contribution in [1.82, 2.24) is 0 Å². The molecular formula is C67H89BN2O. The molecule has 3 heterocycles. The van der Waals surface area contributed by atoms with Gasteiger partial charge in [0.25, 0.3) is 6.71 Å². The van der Waals surface area contributed by atoms with Gasteiger partial charge in [0.2, 0.25) is 0 Å². The molecule has 2 aliphatic heterocycles. The first-order valence-corrected chi connectivity index (χ1v) is 28.5. The van der Waals surface area contributed by atoms with Crippen molar-refractivity contribution in [2.45, 2.75) is 213 Å². The zero-order chi connectivity index (χ0) is 50.9. The second kappa shape index (κ2) is 14.7. The molecule has 1 aromatic heterocycles. The summed E-state index contributed by atoms with van der Waals surface area (Å²) in [5.41, 5.74) is 25.6. The predicted molar refractivity (Wildman–Crippen MR) is 304 cm³/mol. The van der Waals surface area contributed by atoms with Gasteiger partial charge in [-0.25, -0.2) is 0 Å². The topological polar surface area (TPSA) is 19.6 Å². The van der Waals surface area contributed by atoms with E-state index < -0.39 is 0 Å². The Hall–Kier alpha value is -3.92. The van der Waals surface area contributed by atoms with Crippen LogP contribution in [0.5, 0.6) is 0 Å². The maximum Gasteiger partial charge on any atom is 0.296 e. The van der Waals surface area contributed by atoms with Crippen molar-refractivity contribution in [3.05, 3.63) is 110 Å². The van der Waals surface area contributed by atoms with Gasteiger partial charge in [0.1, 0.15) is 5.58 Å². The molecule has 0 N–H and O–H groups in total. The van der Waals surface area contributed by atoms with Crippen LogP contribution in [0.3, 0.4) is 0 Å². The molecule has 0 amide bonds. The second-order valence-electron chi connectivity index (χ2n) is 30.7. The Bertz CT molecular complexity index is 3060. The molecule has 4 unspecified atom stereocenters. The van der Waals surface area contributed by atoms with E-state index in [0.29, 0.717) is 17.8 Å². The molecule has 3 nitrogen and oxygen atoms in total. The van der Waals surface area contributed by atoms with E-state index in [2.05, 4.69) is 190 Å². The van der Waals surface area contributed by atoms with Crippen molar-refractivity contribution < 1.29 is 4.42 Å². The third kappa shape index (κ3) is 6.78. The smallest absolute Gasteiger partial charge is 0.296 e. The third-order valence-electron chi connectivity index (χ3n) is 22.2. The normalized spacial score (nSPS) is 30.7. The molecule has 0 spiro atoms. The highest BCUT2D eigenvalue weighted by molar-refractivity contribution is 6.95. The molecule has 7 aliphatic carbocycles. The quantitative estimate of drug-likeness (QED) is 0.239. The maximum absolute atomic E-state index is 7.85. The van der Waals surface area contributed by atoms with Crippen molar-refractivity contribution in [2.75, 3.05) is 9.80 Å². The summed E-state index contributed by atoms with van der Waals surface area (Å²) in [6, 6.07) is 10.5. The first-order chi connectivity index (χ1) is 32.9. The largest absolute Gasteiger partial charge is 0.468 e. The number of allylic oxidation sites excluding steroid dienone is 9. The predicted octanol–water partition coefficient (Wildman–Crippen LogP) is 17.3. The van der Waals surface area contributed by atoms with Gasteiger partial charge in [-0.3, -0.25) is 0 Å². The summed E-state index contributed by atoms with van der Waals surface area (Å²) in [5, 5.41) is 1.31. The van der Waals surface area contributed by atoms with E-state index in [0.717, 1.165) is 18.4 Å². The van der Waals surface area contributed by atoms with Crippen LogP contribution in [-0.4, -0.2) is 12.8 Å². The van der Waals surface area contributed by atoms with Crippen LogP contribution in [0.15, 0.2) is 97.7 Å². The molecule has 376 valence electrons. The molecule has 4 atom stereocenters. The molecule has 12 rings (SSSR count). The molecule has 3 aromatic rings. The van der Waals surface area contributed by atoms with Crippen LogP contribution in [0.4, 0.5) is 17.1 Å². The van der Waals surface area contributed by atoms with Crippen molar-refractivity contribution in [1.29, 1.82) is 0 Å². The number of fused-ring (bicyclic) bond motifs is 8. The monoisotopic (exact) mass is 949 g/mol.